The van der Waals surface area contributed by atoms with Crippen LogP contribution in [0.15, 0.2) is 53.1 Å². The Hall–Kier alpha value is -3.34. The molecule has 2 aliphatic heterocycles. The maximum Gasteiger partial charge on any atom is 0.254 e. The molecule has 1 aromatic heterocycles. The number of para-hydroxylation sites is 1. The largest absolute Gasteiger partial charge is 0.492 e. The second kappa shape index (κ2) is 8.79. The van der Waals surface area contributed by atoms with Crippen molar-refractivity contribution < 1.29 is 18.6 Å². The van der Waals surface area contributed by atoms with Gasteiger partial charge in [0.05, 0.1) is 28.9 Å². The van der Waals surface area contributed by atoms with Gasteiger partial charge < -0.3 is 15.4 Å². The van der Waals surface area contributed by atoms with Gasteiger partial charge in [0, 0.05) is 30.6 Å². The predicted octanol–water partition coefficient (Wildman–Crippen LogP) is 4.19. The molecule has 0 saturated carbocycles. The molecule has 3 aromatic rings. The first kappa shape index (κ1) is 22.5. The van der Waals surface area contributed by atoms with Crippen molar-refractivity contribution in [2.24, 2.45) is 16.0 Å². The van der Waals surface area contributed by atoms with Gasteiger partial charge in [-0.1, -0.05) is 24.3 Å². The number of amides is 1. The number of aryl methyl sites for hydroxylation is 1. The Bertz CT molecular complexity index is 1300. The number of nitrogens with zero attached hydrogens (tertiary/aromatic N) is 3. The van der Waals surface area contributed by atoms with Gasteiger partial charge in [0.15, 0.2) is 5.84 Å². The number of benzene rings is 2. The molecule has 1 unspecified atom stereocenters. The summed E-state index contributed by atoms with van der Waals surface area (Å²) >= 11 is 0. The molecule has 0 bridgehead atoms. The summed E-state index contributed by atoms with van der Waals surface area (Å²) in [6.45, 7) is 3.62. The van der Waals surface area contributed by atoms with Gasteiger partial charge in [0.25, 0.3) is 5.91 Å². The Morgan fingerprint density at radius 2 is 2.09 bits per heavy atom. The highest BCUT2D eigenvalue weighted by atomic mass is 32.3. The second-order valence-electron chi connectivity index (χ2n) is 8.68. The van der Waals surface area contributed by atoms with Crippen LogP contribution in [0.1, 0.15) is 34.3 Å². The van der Waals surface area contributed by atoms with E-state index in [9.17, 15) is 13.9 Å². The smallest absolute Gasteiger partial charge is 0.254 e. The molecule has 1 amide bonds. The molecule has 3 heterocycles. The number of amidine groups is 1. The summed E-state index contributed by atoms with van der Waals surface area (Å²) in [6.07, 6.45) is 3.59. The SMILES string of the molecule is Cc1cnc2ccccc2c1C(=O)N1CCCC(COc2cccc3c2C(N)=NS(O)(O)N3)C1. The third kappa shape index (κ3) is 4.27. The van der Waals surface area contributed by atoms with Gasteiger partial charge in [-0.2, -0.15) is 0 Å². The van der Waals surface area contributed by atoms with E-state index in [1.807, 2.05) is 36.1 Å². The zero-order valence-corrected chi connectivity index (χ0v) is 19.6. The van der Waals surface area contributed by atoms with E-state index < -0.39 is 11.0 Å². The summed E-state index contributed by atoms with van der Waals surface area (Å²) in [5.74, 6) is 0.700. The van der Waals surface area contributed by atoms with Crippen LogP contribution >= 0.6 is 11.0 Å². The molecule has 2 aromatic carbocycles. The van der Waals surface area contributed by atoms with E-state index in [4.69, 9.17) is 10.5 Å². The van der Waals surface area contributed by atoms with Gasteiger partial charge in [-0.05, 0) is 54.5 Å². The number of fused-ring (bicyclic) bond motifs is 2. The fraction of sp³-hybridized carbons (Fsp3) is 0.292. The number of anilines is 1. The van der Waals surface area contributed by atoms with Crippen molar-refractivity contribution >= 4 is 39.3 Å². The van der Waals surface area contributed by atoms with Crippen molar-refractivity contribution in [1.82, 2.24) is 9.88 Å². The zero-order valence-electron chi connectivity index (χ0n) is 18.8. The van der Waals surface area contributed by atoms with E-state index in [-0.39, 0.29) is 17.7 Å². The first-order valence-corrected chi connectivity index (χ1v) is 12.6. The molecule has 1 saturated heterocycles. The standard InChI is InChI=1S/C24H27N5O4S/c1-15-12-26-18-8-3-2-7-17(18)21(15)24(30)29-11-5-6-16(13-29)14-33-20-10-4-9-19-22(20)23(25)28-34(31,32)27-19/h2-4,7-10,12,16,27,31-32H,5-6,11,13-14H2,1H3,(H2,25,28). The van der Waals surface area contributed by atoms with E-state index in [2.05, 4.69) is 14.1 Å². The monoisotopic (exact) mass is 481 g/mol. The Kier molecular flexibility index (Phi) is 5.80. The van der Waals surface area contributed by atoms with E-state index in [0.29, 0.717) is 42.3 Å². The molecule has 1 atom stereocenters. The first-order chi connectivity index (χ1) is 16.3. The lowest BCUT2D eigenvalue weighted by Gasteiger charge is -2.35. The fourth-order valence-electron chi connectivity index (χ4n) is 4.63. The van der Waals surface area contributed by atoms with Crippen LogP contribution in [0.5, 0.6) is 5.75 Å². The molecular weight excluding hydrogens is 454 g/mol. The quantitative estimate of drug-likeness (QED) is 0.439. The summed E-state index contributed by atoms with van der Waals surface area (Å²) in [4.78, 5) is 19.9. The molecule has 10 heteroatoms. The van der Waals surface area contributed by atoms with E-state index >= 15 is 0 Å². The van der Waals surface area contributed by atoms with Gasteiger partial charge >= 0.3 is 0 Å². The van der Waals surface area contributed by atoms with Crippen molar-refractivity contribution in [3.63, 3.8) is 0 Å². The third-order valence-electron chi connectivity index (χ3n) is 6.21. The van der Waals surface area contributed by atoms with Crippen LogP contribution in [0.2, 0.25) is 0 Å². The molecule has 0 aliphatic carbocycles. The maximum atomic E-state index is 13.5. The second-order valence-corrected chi connectivity index (χ2v) is 10.1. The lowest BCUT2D eigenvalue weighted by atomic mass is 9.96. The predicted molar refractivity (Wildman–Crippen MR) is 134 cm³/mol. The number of piperidine rings is 1. The van der Waals surface area contributed by atoms with Crippen molar-refractivity contribution in [3.05, 3.63) is 65.4 Å². The number of carbonyl (C=O) groups excluding carboxylic acids is 1. The Balaban J connectivity index is 1.32. The number of hydrogen-bond donors (Lipinski definition) is 4. The molecule has 1 fully saturated rings. The fourth-order valence-corrected chi connectivity index (χ4v) is 5.51. The average Bonchev–Trinajstić information content (AvgIpc) is 2.81. The van der Waals surface area contributed by atoms with Crippen LogP contribution in [-0.4, -0.2) is 50.4 Å². The Morgan fingerprint density at radius 1 is 1.26 bits per heavy atom. The average molecular weight is 482 g/mol. The number of rotatable bonds is 4. The molecule has 2 aliphatic rings. The Morgan fingerprint density at radius 3 is 2.94 bits per heavy atom. The number of nitrogens with one attached hydrogen (secondary N) is 1. The number of nitrogens with two attached hydrogens (primary N) is 1. The number of hydrogen-bond acceptors (Lipinski definition) is 8. The lowest BCUT2D eigenvalue weighted by molar-refractivity contribution is 0.0634. The molecular formula is C24H27N5O4S. The number of pyridine rings is 1. The summed E-state index contributed by atoms with van der Waals surface area (Å²) < 4.78 is 32.2. The molecule has 178 valence electrons. The normalized spacial score (nSPS) is 20.1. The highest BCUT2D eigenvalue weighted by molar-refractivity contribution is 8.24. The van der Waals surface area contributed by atoms with Gasteiger partial charge in [-0.3, -0.25) is 23.6 Å². The van der Waals surface area contributed by atoms with Crippen molar-refractivity contribution in [3.8, 4) is 5.75 Å². The minimum absolute atomic E-state index is 0.0173. The van der Waals surface area contributed by atoms with Crippen LogP contribution in [0, 0.1) is 12.8 Å². The summed E-state index contributed by atoms with van der Waals surface area (Å²) in [6, 6.07) is 12.9. The van der Waals surface area contributed by atoms with Crippen LogP contribution in [-0.2, 0) is 0 Å². The minimum atomic E-state index is -3.35. The topological polar surface area (TPSA) is 133 Å². The summed E-state index contributed by atoms with van der Waals surface area (Å²) in [7, 11) is -3.35. The van der Waals surface area contributed by atoms with Crippen LogP contribution in [0.3, 0.4) is 0 Å². The Labute approximate surface area is 199 Å². The van der Waals surface area contributed by atoms with Gasteiger partial charge in [0.2, 0.25) is 0 Å². The minimum Gasteiger partial charge on any atom is -0.492 e. The van der Waals surface area contributed by atoms with E-state index in [0.717, 1.165) is 29.3 Å². The van der Waals surface area contributed by atoms with Crippen molar-refractivity contribution in [1.29, 1.82) is 0 Å². The molecule has 9 nitrogen and oxygen atoms in total. The first-order valence-electron chi connectivity index (χ1n) is 11.1. The summed E-state index contributed by atoms with van der Waals surface area (Å²) in [5, 5.41) is 0.870. The highest BCUT2D eigenvalue weighted by Crippen LogP contribution is 2.46. The van der Waals surface area contributed by atoms with Crippen LogP contribution < -0.4 is 15.2 Å². The van der Waals surface area contributed by atoms with E-state index in [1.54, 1.807) is 24.4 Å². The number of ether oxygens (including phenoxy) is 1. The van der Waals surface area contributed by atoms with Crippen LogP contribution in [0.25, 0.3) is 10.9 Å². The maximum absolute atomic E-state index is 13.5. The zero-order chi connectivity index (χ0) is 23.9. The third-order valence-corrected chi connectivity index (χ3v) is 7.16. The summed E-state index contributed by atoms with van der Waals surface area (Å²) in [5.41, 5.74) is 9.35. The van der Waals surface area contributed by atoms with Crippen molar-refractivity contribution in [2.75, 3.05) is 24.4 Å². The van der Waals surface area contributed by atoms with Gasteiger partial charge in [-0.15, -0.1) is 4.40 Å². The molecule has 5 N–H and O–H groups in total. The van der Waals surface area contributed by atoms with Crippen LogP contribution in [0.4, 0.5) is 5.69 Å². The number of aromatic nitrogens is 1. The highest BCUT2D eigenvalue weighted by Gasteiger charge is 2.29. The van der Waals surface area contributed by atoms with Crippen molar-refractivity contribution in [2.45, 2.75) is 19.8 Å². The molecule has 0 spiro atoms. The molecule has 0 radical (unpaired) electrons. The van der Waals surface area contributed by atoms with E-state index in [1.165, 1.54) is 0 Å². The molecule has 5 rings (SSSR count). The molecule has 34 heavy (non-hydrogen) atoms. The number of likely N-dealkylation sites (tertiary alicyclic amines) is 1. The van der Waals surface area contributed by atoms with Gasteiger partial charge in [0.1, 0.15) is 5.75 Å². The van der Waals surface area contributed by atoms with Gasteiger partial charge in [-0.25, -0.2) is 0 Å². The lowest BCUT2D eigenvalue weighted by Crippen LogP contribution is -2.42. The number of carbonyl (C=O) groups is 1.